The van der Waals surface area contributed by atoms with Crippen molar-refractivity contribution in [2.75, 3.05) is 9.80 Å². The Labute approximate surface area is 567 Å². The zero-order chi connectivity index (χ0) is 66.2. The van der Waals surface area contributed by atoms with Crippen molar-refractivity contribution in [3.8, 4) is 44.5 Å². The molecule has 0 amide bonds. The highest BCUT2D eigenvalue weighted by Crippen LogP contribution is 2.55. The molecule has 0 N–H and O–H groups in total. The van der Waals surface area contributed by atoms with Crippen LogP contribution in [-0.2, 0) is 21.7 Å². The molecular formula is C94H82N2. The number of benzene rings is 15. The summed E-state index contributed by atoms with van der Waals surface area (Å²) in [6.45, 7) is 27.5. The highest BCUT2D eigenvalue weighted by atomic mass is 15.2. The van der Waals surface area contributed by atoms with Crippen molar-refractivity contribution in [3.05, 3.63) is 324 Å². The summed E-state index contributed by atoms with van der Waals surface area (Å²) in [5.41, 5.74) is 28.4. The molecule has 2 nitrogen and oxygen atoms in total. The topological polar surface area (TPSA) is 6.48 Å². The quantitative estimate of drug-likeness (QED) is 0.0850. The Balaban J connectivity index is 0.000000151. The van der Waals surface area contributed by atoms with Crippen molar-refractivity contribution in [2.24, 2.45) is 0 Å². The Kier molecular flexibility index (Phi) is 14.2. The van der Waals surface area contributed by atoms with Gasteiger partial charge in [-0.3, -0.25) is 0 Å². The molecule has 0 bridgehead atoms. The molecule has 2 aliphatic rings. The van der Waals surface area contributed by atoms with E-state index in [0.29, 0.717) is 0 Å². The standard InChI is InChI=1S/C48H48N2.C46H34/c1-33-17-25-37(26-18-33)49(39-29-21-35(22-30-39)47(3,4)5)45-41-13-9-11-15-43(41)46(44-16-12-10-14-42(44)45)50(38-27-19-34(2)20-28-38)40-31-23-36(24-32-40)48(6,7)8;1-45(2)39-11-6-5-10-34(39)35-20-16-30(24-40(35)45)31-17-21-36-37-22-18-32(26-42(37)46(3,4)41(36)25-31)33-19-14-29-13-12-27-8-7-9-28-15-23-38(33)44(29)43(27)28/h9-32H,1-8H3;5-26H,1-4H3. The summed E-state index contributed by atoms with van der Waals surface area (Å²) in [7, 11) is 0. The van der Waals surface area contributed by atoms with Crippen molar-refractivity contribution >= 4 is 88.0 Å². The third-order valence-electron chi connectivity index (χ3n) is 21.3. The summed E-state index contributed by atoms with van der Waals surface area (Å²) in [5.74, 6) is 0. The fourth-order valence-electron chi connectivity index (χ4n) is 15.9. The molecule has 0 atom stereocenters. The van der Waals surface area contributed by atoms with Gasteiger partial charge >= 0.3 is 0 Å². The number of hydrogen-bond acceptors (Lipinski definition) is 2. The van der Waals surface area contributed by atoms with Crippen molar-refractivity contribution in [2.45, 2.75) is 105 Å². The van der Waals surface area contributed by atoms with Gasteiger partial charge in [0, 0.05) is 55.1 Å². The Morgan fingerprint density at radius 3 is 1.03 bits per heavy atom. The Morgan fingerprint density at radius 2 is 0.594 bits per heavy atom. The maximum atomic E-state index is 2.47. The maximum Gasteiger partial charge on any atom is 0.0619 e. The summed E-state index contributed by atoms with van der Waals surface area (Å²) in [6, 6.07) is 105. The van der Waals surface area contributed by atoms with Crippen molar-refractivity contribution in [3.63, 3.8) is 0 Å². The molecule has 96 heavy (non-hydrogen) atoms. The first kappa shape index (κ1) is 60.4. The van der Waals surface area contributed by atoms with Crippen LogP contribution < -0.4 is 9.80 Å². The van der Waals surface area contributed by atoms with E-state index in [9.17, 15) is 0 Å². The van der Waals surface area contributed by atoms with Crippen LogP contribution in [0.15, 0.2) is 279 Å². The van der Waals surface area contributed by atoms with Gasteiger partial charge in [-0.2, -0.15) is 0 Å². The summed E-state index contributed by atoms with van der Waals surface area (Å²) in [4.78, 5) is 4.91. The fourth-order valence-corrected chi connectivity index (χ4v) is 15.9. The van der Waals surface area contributed by atoms with Crippen LogP contribution in [0.1, 0.15) is 114 Å². The Bertz CT molecular complexity index is 5300. The second kappa shape index (κ2) is 22.6. The molecule has 0 unspecified atom stereocenters. The lowest BCUT2D eigenvalue weighted by atomic mass is 9.79. The minimum atomic E-state index is -0.104. The fraction of sp³-hybridized carbons (Fsp3) is 0.170. The van der Waals surface area contributed by atoms with Crippen LogP contribution in [0.5, 0.6) is 0 Å². The molecule has 0 saturated carbocycles. The number of nitrogens with zero attached hydrogens (tertiary/aromatic N) is 2. The summed E-state index contributed by atoms with van der Waals surface area (Å²) < 4.78 is 0. The number of aryl methyl sites for hydroxylation is 2. The van der Waals surface area contributed by atoms with E-state index in [1.54, 1.807) is 0 Å². The average molecular weight is 1240 g/mol. The third-order valence-corrected chi connectivity index (χ3v) is 21.3. The Morgan fingerprint density at radius 1 is 0.260 bits per heavy atom. The molecule has 2 heteroatoms. The van der Waals surface area contributed by atoms with E-state index in [1.165, 1.54) is 154 Å². The van der Waals surface area contributed by atoms with Crippen molar-refractivity contribution in [1.82, 2.24) is 0 Å². The minimum absolute atomic E-state index is 0.00426. The lowest BCUT2D eigenvalue weighted by molar-refractivity contribution is 0.590. The normalized spacial score (nSPS) is 13.6. The SMILES string of the molecule is CC1(C)c2ccccc2-c2ccc(-c3ccc4c(c3)C(C)(C)c3cc(-c5ccc6ccc7cccc8ccc5c6c78)ccc3-4)cc21.Cc1ccc(N(c2ccc(C(C)(C)C)cc2)c2c3ccccc3c(N(c3ccc(C)cc3)c3ccc(C(C)(C)C)cc3)c3ccccc23)cc1. The molecular weight excluding hydrogens is 1160 g/mol. The second-order valence-electron chi connectivity index (χ2n) is 30.3. The van der Waals surface area contributed by atoms with Crippen LogP contribution in [0.25, 0.3) is 98.4 Å². The third kappa shape index (κ3) is 9.98. The molecule has 0 aromatic heterocycles. The van der Waals surface area contributed by atoms with E-state index in [1.807, 2.05) is 0 Å². The van der Waals surface area contributed by atoms with E-state index in [0.717, 1.165) is 22.7 Å². The molecule has 2 aliphatic carbocycles. The number of anilines is 6. The predicted molar refractivity (Wildman–Crippen MR) is 414 cm³/mol. The molecule has 0 spiro atoms. The number of hydrogen-bond donors (Lipinski definition) is 0. The summed E-state index contributed by atoms with van der Waals surface area (Å²) in [6.07, 6.45) is 0. The summed E-state index contributed by atoms with van der Waals surface area (Å²) >= 11 is 0. The lowest BCUT2D eigenvalue weighted by Gasteiger charge is -2.33. The molecule has 15 aromatic rings. The number of rotatable bonds is 8. The highest BCUT2D eigenvalue weighted by molar-refractivity contribution is 6.26. The number of fused-ring (bicyclic) bond motifs is 8. The van der Waals surface area contributed by atoms with Crippen LogP contribution in [0.4, 0.5) is 34.1 Å². The molecule has 468 valence electrons. The van der Waals surface area contributed by atoms with E-state index in [2.05, 4.69) is 372 Å². The zero-order valence-electron chi connectivity index (χ0n) is 57.5. The average Bonchev–Trinajstić information content (AvgIpc) is 1.32. The largest absolute Gasteiger partial charge is 0.309 e. The molecule has 15 aromatic carbocycles. The predicted octanol–water partition coefficient (Wildman–Crippen LogP) is 26.7. The first-order valence-electron chi connectivity index (χ1n) is 34.3. The first-order valence-corrected chi connectivity index (χ1v) is 34.3. The maximum absolute atomic E-state index is 2.47. The smallest absolute Gasteiger partial charge is 0.0619 e. The van der Waals surface area contributed by atoms with Gasteiger partial charge in [0.25, 0.3) is 0 Å². The van der Waals surface area contributed by atoms with Gasteiger partial charge in [-0.15, -0.1) is 0 Å². The summed E-state index contributed by atoms with van der Waals surface area (Å²) in [5, 5.41) is 12.8. The van der Waals surface area contributed by atoms with Crippen molar-refractivity contribution in [1.29, 1.82) is 0 Å². The van der Waals surface area contributed by atoms with Gasteiger partial charge < -0.3 is 9.80 Å². The Hall–Kier alpha value is -10.5. The van der Waals surface area contributed by atoms with Gasteiger partial charge in [-0.05, 0) is 202 Å². The molecule has 17 rings (SSSR count). The van der Waals surface area contributed by atoms with Crippen molar-refractivity contribution < 1.29 is 0 Å². The molecule has 0 radical (unpaired) electrons. The monoisotopic (exact) mass is 1240 g/mol. The van der Waals surface area contributed by atoms with Gasteiger partial charge in [0.1, 0.15) is 0 Å². The van der Waals surface area contributed by atoms with Crippen LogP contribution in [0.2, 0.25) is 0 Å². The highest BCUT2D eigenvalue weighted by Gasteiger charge is 2.38. The van der Waals surface area contributed by atoms with Gasteiger partial charge in [-0.25, -0.2) is 0 Å². The lowest BCUT2D eigenvalue weighted by Crippen LogP contribution is -2.16. The van der Waals surface area contributed by atoms with E-state index in [-0.39, 0.29) is 21.7 Å². The zero-order valence-corrected chi connectivity index (χ0v) is 57.5. The van der Waals surface area contributed by atoms with Gasteiger partial charge in [-0.1, -0.05) is 293 Å². The van der Waals surface area contributed by atoms with Crippen LogP contribution in [0, 0.1) is 13.8 Å². The second-order valence-corrected chi connectivity index (χ2v) is 30.3. The van der Waals surface area contributed by atoms with E-state index >= 15 is 0 Å². The van der Waals surface area contributed by atoms with Crippen LogP contribution in [-0.4, -0.2) is 0 Å². The minimum Gasteiger partial charge on any atom is -0.309 e. The van der Waals surface area contributed by atoms with Crippen LogP contribution in [0.3, 0.4) is 0 Å². The molecule has 0 fully saturated rings. The molecule has 0 heterocycles. The van der Waals surface area contributed by atoms with E-state index < -0.39 is 0 Å². The van der Waals surface area contributed by atoms with Gasteiger partial charge in [0.15, 0.2) is 0 Å². The first-order chi connectivity index (χ1) is 46.2. The van der Waals surface area contributed by atoms with Gasteiger partial charge in [0.2, 0.25) is 0 Å². The van der Waals surface area contributed by atoms with E-state index in [4.69, 9.17) is 0 Å². The molecule has 0 aliphatic heterocycles. The van der Waals surface area contributed by atoms with Crippen LogP contribution >= 0.6 is 0 Å². The molecule has 0 saturated heterocycles. The van der Waals surface area contributed by atoms with Gasteiger partial charge in [0.05, 0.1) is 11.4 Å².